The first kappa shape index (κ1) is 20.1. The Bertz CT molecular complexity index is 654. The predicted octanol–water partition coefficient (Wildman–Crippen LogP) is 2.92. The van der Waals surface area contributed by atoms with Crippen molar-refractivity contribution in [2.24, 2.45) is 5.92 Å². The molecular weight excluding hydrogens is 355 g/mol. The molecule has 7 heteroatoms. The standard InChI is InChI=1S/C20H28F3N3O/c1-15(27)14-25-6-3-16(4-7-25)2-5-24-8-10-26(11-9-24)20-13-18(22)17(21)12-19(20)23/h12-13,16H,2-11,14H2,1H3. The number of hydrogen-bond acceptors (Lipinski definition) is 4. The van der Waals surface area contributed by atoms with Crippen molar-refractivity contribution in [1.82, 2.24) is 9.80 Å². The molecule has 0 amide bonds. The summed E-state index contributed by atoms with van der Waals surface area (Å²) in [6.07, 6.45) is 3.40. The topological polar surface area (TPSA) is 26.8 Å². The molecule has 150 valence electrons. The fourth-order valence-corrected chi connectivity index (χ4v) is 4.08. The van der Waals surface area contributed by atoms with Crippen LogP contribution in [0.5, 0.6) is 0 Å². The summed E-state index contributed by atoms with van der Waals surface area (Å²) in [7, 11) is 0. The van der Waals surface area contributed by atoms with Crippen LogP contribution in [-0.4, -0.2) is 67.9 Å². The Labute approximate surface area is 158 Å². The van der Waals surface area contributed by atoms with Crippen molar-refractivity contribution in [1.29, 1.82) is 0 Å². The molecule has 2 saturated heterocycles. The third-order valence-electron chi connectivity index (χ3n) is 5.71. The van der Waals surface area contributed by atoms with E-state index in [1.807, 2.05) is 0 Å². The van der Waals surface area contributed by atoms with Gasteiger partial charge in [0.25, 0.3) is 0 Å². The molecule has 0 spiro atoms. The molecule has 2 heterocycles. The molecule has 27 heavy (non-hydrogen) atoms. The minimum absolute atomic E-state index is 0.145. The molecule has 1 aromatic rings. The highest BCUT2D eigenvalue weighted by Gasteiger charge is 2.24. The molecule has 2 aliphatic rings. The van der Waals surface area contributed by atoms with E-state index in [4.69, 9.17) is 0 Å². The van der Waals surface area contributed by atoms with Gasteiger partial charge in [-0.25, -0.2) is 13.2 Å². The van der Waals surface area contributed by atoms with Crippen molar-refractivity contribution >= 4 is 11.5 Å². The predicted molar refractivity (Wildman–Crippen MR) is 99.4 cm³/mol. The number of anilines is 1. The number of rotatable bonds is 6. The molecule has 0 aliphatic carbocycles. The van der Waals surface area contributed by atoms with Crippen molar-refractivity contribution < 1.29 is 18.0 Å². The van der Waals surface area contributed by atoms with Gasteiger partial charge in [0.2, 0.25) is 0 Å². The summed E-state index contributed by atoms with van der Waals surface area (Å²) in [5.41, 5.74) is 0.145. The van der Waals surface area contributed by atoms with E-state index >= 15 is 0 Å². The summed E-state index contributed by atoms with van der Waals surface area (Å²) in [6.45, 7) is 8.00. The Hall–Kier alpha value is -1.60. The Morgan fingerprint density at radius 1 is 0.926 bits per heavy atom. The quantitative estimate of drug-likeness (QED) is 0.706. The molecule has 0 saturated carbocycles. The highest BCUT2D eigenvalue weighted by Crippen LogP contribution is 2.25. The number of nitrogens with zero attached hydrogens (tertiary/aromatic N) is 3. The summed E-state index contributed by atoms with van der Waals surface area (Å²) in [4.78, 5) is 17.6. The van der Waals surface area contributed by atoms with Gasteiger partial charge in [0.1, 0.15) is 11.6 Å². The van der Waals surface area contributed by atoms with Crippen molar-refractivity contribution in [2.45, 2.75) is 26.2 Å². The van der Waals surface area contributed by atoms with Gasteiger partial charge < -0.3 is 4.90 Å². The maximum atomic E-state index is 13.9. The molecule has 3 rings (SSSR count). The van der Waals surface area contributed by atoms with Crippen LogP contribution in [0.1, 0.15) is 26.2 Å². The summed E-state index contributed by atoms with van der Waals surface area (Å²) in [5, 5.41) is 0. The zero-order valence-corrected chi connectivity index (χ0v) is 15.9. The molecule has 0 atom stereocenters. The second-order valence-electron chi connectivity index (χ2n) is 7.76. The average molecular weight is 383 g/mol. The van der Waals surface area contributed by atoms with E-state index < -0.39 is 17.5 Å². The van der Waals surface area contributed by atoms with Crippen molar-refractivity contribution in [2.75, 3.05) is 57.3 Å². The molecule has 1 aromatic carbocycles. The monoisotopic (exact) mass is 383 g/mol. The zero-order chi connectivity index (χ0) is 19.4. The molecule has 0 aromatic heterocycles. The smallest absolute Gasteiger partial charge is 0.161 e. The van der Waals surface area contributed by atoms with E-state index in [0.717, 1.165) is 58.1 Å². The van der Waals surface area contributed by atoms with Crippen molar-refractivity contribution in [3.63, 3.8) is 0 Å². The number of ketones is 1. The van der Waals surface area contributed by atoms with Gasteiger partial charge in [-0.2, -0.15) is 0 Å². The number of halogens is 3. The minimum atomic E-state index is -1.15. The van der Waals surface area contributed by atoms with Gasteiger partial charge >= 0.3 is 0 Å². The van der Waals surface area contributed by atoms with Crippen LogP contribution in [0.3, 0.4) is 0 Å². The van der Waals surface area contributed by atoms with Crippen molar-refractivity contribution in [3.05, 3.63) is 29.6 Å². The first-order chi connectivity index (χ1) is 12.9. The van der Waals surface area contributed by atoms with Gasteiger partial charge in [-0.1, -0.05) is 0 Å². The lowest BCUT2D eigenvalue weighted by Crippen LogP contribution is -2.47. The number of Topliss-reactive ketones (excluding diaryl/α,β-unsaturated/α-hetero) is 1. The second-order valence-corrected chi connectivity index (χ2v) is 7.76. The maximum absolute atomic E-state index is 13.9. The molecule has 0 N–H and O–H groups in total. The lowest BCUT2D eigenvalue weighted by Gasteiger charge is -2.37. The normalized spacial score (nSPS) is 20.2. The van der Waals surface area contributed by atoms with E-state index in [0.29, 0.717) is 31.6 Å². The van der Waals surface area contributed by atoms with Gasteiger partial charge in [0.05, 0.1) is 12.2 Å². The van der Waals surface area contributed by atoms with Gasteiger partial charge in [-0.05, 0) is 51.7 Å². The Balaban J connectivity index is 1.40. The molecule has 2 fully saturated rings. The lowest BCUT2D eigenvalue weighted by atomic mass is 9.93. The van der Waals surface area contributed by atoms with Crippen LogP contribution < -0.4 is 4.90 Å². The van der Waals surface area contributed by atoms with Crippen LogP contribution in [0.2, 0.25) is 0 Å². The Morgan fingerprint density at radius 3 is 2.19 bits per heavy atom. The molecule has 0 unspecified atom stereocenters. The van der Waals surface area contributed by atoms with Gasteiger partial charge in [-0.15, -0.1) is 0 Å². The fourth-order valence-electron chi connectivity index (χ4n) is 4.08. The zero-order valence-electron chi connectivity index (χ0n) is 15.9. The number of hydrogen-bond donors (Lipinski definition) is 0. The van der Waals surface area contributed by atoms with Crippen LogP contribution in [0.4, 0.5) is 18.9 Å². The number of benzene rings is 1. The van der Waals surface area contributed by atoms with E-state index in [1.54, 1.807) is 11.8 Å². The van der Waals surface area contributed by atoms with E-state index in [9.17, 15) is 18.0 Å². The highest BCUT2D eigenvalue weighted by molar-refractivity contribution is 5.77. The van der Waals surface area contributed by atoms with E-state index in [1.165, 1.54) is 0 Å². The Morgan fingerprint density at radius 2 is 1.56 bits per heavy atom. The first-order valence-corrected chi connectivity index (χ1v) is 9.76. The summed E-state index contributed by atoms with van der Waals surface area (Å²) >= 11 is 0. The maximum Gasteiger partial charge on any atom is 0.161 e. The lowest BCUT2D eigenvalue weighted by molar-refractivity contribution is -0.118. The largest absolute Gasteiger partial charge is 0.367 e. The van der Waals surface area contributed by atoms with Crippen LogP contribution in [0.15, 0.2) is 12.1 Å². The molecule has 2 aliphatic heterocycles. The fraction of sp³-hybridized carbons (Fsp3) is 0.650. The summed E-state index contributed by atoms with van der Waals surface area (Å²) in [5.74, 6) is -1.95. The number of carbonyl (C=O) groups excluding carboxylic acids is 1. The number of piperazine rings is 1. The number of carbonyl (C=O) groups is 1. The Kier molecular flexibility index (Phi) is 6.76. The SMILES string of the molecule is CC(=O)CN1CCC(CCN2CCN(c3cc(F)c(F)cc3F)CC2)CC1. The average Bonchev–Trinajstić information content (AvgIpc) is 2.64. The van der Waals surface area contributed by atoms with E-state index in [2.05, 4.69) is 9.80 Å². The molecule has 4 nitrogen and oxygen atoms in total. The number of likely N-dealkylation sites (tertiary alicyclic amines) is 1. The molecular formula is C20H28F3N3O. The molecule has 0 radical (unpaired) electrons. The summed E-state index contributed by atoms with van der Waals surface area (Å²) in [6, 6.07) is 1.57. The van der Waals surface area contributed by atoms with Crippen LogP contribution in [0, 0.1) is 23.4 Å². The van der Waals surface area contributed by atoms with Crippen molar-refractivity contribution in [3.8, 4) is 0 Å². The summed E-state index contributed by atoms with van der Waals surface area (Å²) < 4.78 is 40.4. The van der Waals surface area contributed by atoms with Crippen LogP contribution in [0.25, 0.3) is 0 Å². The van der Waals surface area contributed by atoms with Crippen LogP contribution in [-0.2, 0) is 4.79 Å². The van der Waals surface area contributed by atoms with Gasteiger partial charge in [0, 0.05) is 38.3 Å². The third-order valence-corrected chi connectivity index (χ3v) is 5.71. The minimum Gasteiger partial charge on any atom is -0.367 e. The third kappa shape index (κ3) is 5.45. The highest BCUT2D eigenvalue weighted by atomic mass is 19.2. The number of piperidine rings is 1. The van der Waals surface area contributed by atoms with Gasteiger partial charge in [0.15, 0.2) is 11.6 Å². The van der Waals surface area contributed by atoms with Gasteiger partial charge in [-0.3, -0.25) is 14.6 Å². The molecule has 0 bridgehead atoms. The first-order valence-electron chi connectivity index (χ1n) is 9.76. The van der Waals surface area contributed by atoms with Crippen LogP contribution >= 0.6 is 0 Å². The van der Waals surface area contributed by atoms with E-state index in [-0.39, 0.29) is 11.5 Å². The second kappa shape index (κ2) is 9.06.